The molecule has 1 saturated heterocycles. The number of amides is 1. The second kappa shape index (κ2) is 10.0. The Kier molecular flexibility index (Phi) is 6.96. The number of rotatable bonds is 7. The van der Waals surface area contributed by atoms with Crippen LogP contribution in [-0.2, 0) is 16.1 Å². The molecule has 0 atom stereocenters. The average Bonchev–Trinajstić information content (AvgIpc) is 3.23. The number of carbonyl (C=O) groups is 1. The molecule has 0 unspecified atom stereocenters. The predicted molar refractivity (Wildman–Crippen MR) is 127 cm³/mol. The van der Waals surface area contributed by atoms with Gasteiger partial charge in [0.25, 0.3) is 0 Å². The fourth-order valence-corrected chi connectivity index (χ4v) is 4.43. The van der Waals surface area contributed by atoms with Crippen LogP contribution in [0.5, 0.6) is 0 Å². The van der Waals surface area contributed by atoms with E-state index in [1.165, 1.54) is 28.2 Å². The number of nitrogens with zero attached hydrogens (tertiary/aromatic N) is 3. The van der Waals surface area contributed by atoms with Crippen molar-refractivity contribution >= 4 is 28.1 Å². The van der Waals surface area contributed by atoms with Gasteiger partial charge in [0.2, 0.25) is 5.91 Å². The van der Waals surface area contributed by atoms with Gasteiger partial charge in [-0.3, -0.25) is 9.69 Å². The normalized spacial score (nSPS) is 14.1. The molecular weight excluding hydrogens is 408 g/mol. The summed E-state index contributed by atoms with van der Waals surface area (Å²) >= 11 is 1.45. The van der Waals surface area contributed by atoms with Gasteiger partial charge < -0.3 is 15.0 Å². The Morgan fingerprint density at radius 3 is 2.68 bits per heavy atom. The van der Waals surface area contributed by atoms with E-state index in [9.17, 15) is 4.79 Å². The molecule has 1 aliphatic rings. The van der Waals surface area contributed by atoms with Crippen LogP contribution in [0.1, 0.15) is 11.1 Å². The van der Waals surface area contributed by atoms with Gasteiger partial charge in [-0.2, -0.15) is 0 Å². The third-order valence-electron chi connectivity index (χ3n) is 5.30. The van der Waals surface area contributed by atoms with Crippen LogP contribution < -0.4 is 10.2 Å². The number of aromatic nitrogens is 1. The minimum absolute atomic E-state index is 0.0591. The molecule has 0 radical (unpaired) electrons. The summed E-state index contributed by atoms with van der Waals surface area (Å²) in [6, 6.07) is 16.6. The van der Waals surface area contributed by atoms with E-state index in [-0.39, 0.29) is 5.91 Å². The lowest BCUT2D eigenvalue weighted by molar-refractivity contribution is -0.117. The van der Waals surface area contributed by atoms with Crippen LogP contribution >= 0.6 is 11.3 Å². The quantitative estimate of drug-likeness (QED) is 0.606. The van der Waals surface area contributed by atoms with Crippen LogP contribution in [-0.4, -0.2) is 55.7 Å². The number of ether oxygens (including phenoxy) is 1. The molecule has 1 fully saturated rings. The van der Waals surface area contributed by atoms with Gasteiger partial charge in [-0.25, -0.2) is 4.98 Å². The summed E-state index contributed by atoms with van der Waals surface area (Å²) < 4.78 is 5.48. The third kappa shape index (κ3) is 5.70. The van der Waals surface area contributed by atoms with E-state index in [1.54, 1.807) is 0 Å². The topological polar surface area (TPSA) is 57.7 Å². The summed E-state index contributed by atoms with van der Waals surface area (Å²) in [5.41, 5.74) is 5.59. The number of benzene rings is 2. The lowest BCUT2D eigenvalue weighted by Gasteiger charge is -2.31. The molecule has 0 aliphatic carbocycles. The second-order valence-electron chi connectivity index (χ2n) is 7.85. The van der Waals surface area contributed by atoms with Crippen LogP contribution in [0.4, 0.5) is 10.8 Å². The van der Waals surface area contributed by atoms with Gasteiger partial charge >= 0.3 is 0 Å². The fraction of sp³-hybridized carbons (Fsp3) is 0.333. The van der Waals surface area contributed by atoms with Crippen molar-refractivity contribution in [1.29, 1.82) is 0 Å². The molecule has 0 saturated carbocycles. The van der Waals surface area contributed by atoms with Crippen LogP contribution in [0.25, 0.3) is 11.3 Å². The SMILES string of the molecule is Cc1ccc(-c2csc(NC(=O)CN(C)Cc3ccccc3N3CCOCC3)n2)cc1. The number of hydrogen-bond donors (Lipinski definition) is 1. The molecule has 0 spiro atoms. The maximum Gasteiger partial charge on any atom is 0.240 e. The summed E-state index contributed by atoms with van der Waals surface area (Å²) in [6.45, 7) is 6.37. The first-order valence-corrected chi connectivity index (χ1v) is 11.4. The van der Waals surface area contributed by atoms with Gasteiger partial charge in [0.05, 0.1) is 25.5 Å². The molecule has 7 heteroatoms. The highest BCUT2D eigenvalue weighted by Gasteiger charge is 2.16. The molecule has 31 heavy (non-hydrogen) atoms. The van der Waals surface area contributed by atoms with E-state index in [2.05, 4.69) is 70.7 Å². The number of thiazole rings is 1. The Hall–Kier alpha value is -2.74. The molecule has 2 aromatic carbocycles. The lowest BCUT2D eigenvalue weighted by atomic mass is 10.1. The Labute approximate surface area is 187 Å². The predicted octanol–water partition coefficient (Wildman–Crippen LogP) is 4.03. The maximum absolute atomic E-state index is 12.6. The van der Waals surface area contributed by atoms with Gasteiger partial charge in [-0.15, -0.1) is 11.3 Å². The van der Waals surface area contributed by atoms with E-state index in [4.69, 9.17) is 4.74 Å². The first kappa shape index (κ1) is 21.5. The molecule has 3 aromatic rings. The summed E-state index contributed by atoms with van der Waals surface area (Å²) in [6.07, 6.45) is 0. The lowest BCUT2D eigenvalue weighted by Crippen LogP contribution is -2.37. The standard InChI is InChI=1S/C24H28N4O2S/c1-18-7-9-19(10-8-18)21-17-31-24(25-21)26-23(29)16-27(2)15-20-5-3-4-6-22(20)28-11-13-30-14-12-28/h3-10,17H,11-16H2,1-2H3,(H,25,26,29). The van der Waals surface area contributed by atoms with Crippen molar-refractivity contribution < 1.29 is 9.53 Å². The molecular formula is C24H28N4O2S. The average molecular weight is 437 g/mol. The molecule has 6 nitrogen and oxygen atoms in total. The summed E-state index contributed by atoms with van der Waals surface area (Å²) in [7, 11) is 1.97. The second-order valence-corrected chi connectivity index (χ2v) is 8.71. The van der Waals surface area contributed by atoms with Gasteiger partial charge in [-0.1, -0.05) is 48.0 Å². The van der Waals surface area contributed by atoms with Crippen LogP contribution in [0, 0.1) is 6.92 Å². The van der Waals surface area contributed by atoms with E-state index >= 15 is 0 Å². The summed E-state index contributed by atoms with van der Waals surface area (Å²) in [5, 5.41) is 5.54. The van der Waals surface area contributed by atoms with E-state index in [0.717, 1.165) is 37.6 Å². The van der Waals surface area contributed by atoms with Crippen LogP contribution in [0.2, 0.25) is 0 Å². The van der Waals surface area contributed by atoms with Crippen molar-refractivity contribution in [2.45, 2.75) is 13.5 Å². The van der Waals surface area contributed by atoms with Crippen molar-refractivity contribution in [2.24, 2.45) is 0 Å². The fourth-order valence-electron chi connectivity index (χ4n) is 3.70. The number of anilines is 2. The zero-order chi connectivity index (χ0) is 21.6. The Balaban J connectivity index is 1.34. The minimum Gasteiger partial charge on any atom is -0.378 e. The maximum atomic E-state index is 12.6. The van der Waals surface area contributed by atoms with Gasteiger partial charge in [0.1, 0.15) is 0 Å². The van der Waals surface area contributed by atoms with E-state index in [0.29, 0.717) is 18.2 Å². The molecule has 1 aromatic heterocycles. The smallest absolute Gasteiger partial charge is 0.240 e. The van der Waals surface area contributed by atoms with E-state index < -0.39 is 0 Å². The van der Waals surface area contributed by atoms with Crippen molar-refractivity contribution in [3.05, 3.63) is 65.0 Å². The number of aryl methyl sites for hydroxylation is 1. The number of hydrogen-bond acceptors (Lipinski definition) is 6. The number of para-hydroxylation sites is 1. The highest BCUT2D eigenvalue weighted by Crippen LogP contribution is 2.25. The number of likely N-dealkylation sites (N-methyl/N-ethyl adjacent to an activating group) is 1. The monoisotopic (exact) mass is 436 g/mol. The first-order chi connectivity index (χ1) is 15.1. The highest BCUT2D eigenvalue weighted by molar-refractivity contribution is 7.14. The molecule has 2 heterocycles. The molecule has 1 amide bonds. The van der Waals surface area contributed by atoms with Crippen LogP contribution in [0.15, 0.2) is 53.9 Å². The molecule has 1 aliphatic heterocycles. The van der Waals surface area contributed by atoms with Gasteiger partial charge in [-0.05, 0) is 25.6 Å². The third-order valence-corrected chi connectivity index (χ3v) is 6.05. The number of morpholine rings is 1. The largest absolute Gasteiger partial charge is 0.378 e. The molecule has 1 N–H and O–H groups in total. The number of nitrogens with one attached hydrogen (secondary N) is 1. The Bertz CT molecular complexity index is 1010. The number of carbonyl (C=O) groups excluding carboxylic acids is 1. The van der Waals surface area contributed by atoms with Gasteiger partial charge in [0.15, 0.2) is 5.13 Å². The summed E-state index contributed by atoms with van der Waals surface area (Å²) in [4.78, 5) is 21.5. The molecule has 0 bridgehead atoms. The van der Waals surface area contributed by atoms with Crippen molar-refractivity contribution in [3.8, 4) is 11.3 Å². The van der Waals surface area contributed by atoms with E-state index in [1.807, 2.05) is 17.3 Å². The highest BCUT2D eigenvalue weighted by atomic mass is 32.1. The Morgan fingerprint density at radius 1 is 1.16 bits per heavy atom. The molecule has 162 valence electrons. The van der Waals surface area contributed by atoms with Crippen LogP contribution in [0.3, 0.4) is 0 Å². The zero-order valence-corrected chi connectivity index (χ0v) is 18.8. The Morgan fingerprint density at radius 2 is 1.90 bits per heavy atom. The summed E-state index contributed by atoms with van der Waals surface area (Å²) in [5.74, 6) is -0.0591. The van der Waals surface area contributed by atoms with Gasteiger partial charge in [0, 0.05) is 36.3 Å². The van der Waals surface area contributed by atoms with Crippen molar-refractivity contribution in [3.63, 3.8) is 0 Å². The first-order valence-electron chi connectivity index (χ1n) is 10.5. The zero-order valence-electron chi connectivity index (χ0n) is 18.0. The van der Waals surface area contributed by atoms with Crippen molar-refractivity contribution in [1.82, 2.24) is 9.88 Å². The minimum atomic E-state index is -0.0591. The van der Waals surface area contributed by atoms with Crippen molar-refractivity contribution in [2.75, 3.05) is 50.1 Å². The molecule has 4 rings (SSSR count).